The lowest BCUT2D eigenvalue weighted by atomic mass is 9.94. The molecule has 3 nitrogen and oxygen atoms in total. The number of rotatable bonds is 4. The van der Waals surface area contributed by atoms with Gasteiger partial charge in [-0.3, -0.25) is 0 Å². The second-order valence-electron chi connectivity index (χ2n) is 4.17. The Labute approximate surface area is 81.2 Å². The monoisotopic (exact) mass is 186 g/mol. The minimum absolute atomic E-state index is 0.520. The van der Waals surface area contributed by atoms with Crippen LogP contribution in [0.5, 0.6) is 0 Å². The summed E-state index contributed by atoms with van der Waals surface area (Å²) in [6.45, 7) is 2.64. The zero-order valence-corrected chi connectivity index (χ0v) is 8.83. The van der Waals surface area contributed by atoms with Crippen molar-refractivity contribution < 1.29 is 4.74 Å². The third-order valence-electron chi connectivity index (χ3n) is 2.86. The maximum Gasteiger partial charge on any atom is 0.0494 e. The molecule has 0 unspecified atom stereocenters. The van der Waals surface area contributed by atoms with Crippen molar-refractivity contribution in [3.63, 3.8) is 0 Å². The molecule has 1 heterocycles. The van der Waals surface area contributed by atoms with Gasteiger partial charge >= 0.3 is 0 Å². The number of ether oxygens (including phenoxy) is 1. The molecule has 1 saturated heterocycles. The minimum Gasteiger partial charge on any atom is -0.381 e. The van der Waals surface area contributed by atoms with E-state index >= 15 is 0 Å². The molecule has 0 aromatic carbocycles. The summed E-state index contributed by atoms with van der Waals surface area (Å²) in [5.74, 6) is 0.727. The van der Waals surface area contributed by atoms with E-state index in [9.17, 15) is 0 Å². The Bertz CT molecular complexity index is 133. The Morgan fingerprint density at radius 1 is 1.54 bits per heavy atom. The van der Waals surface area contributed by atoms with E-state index in [4.69, 9.17) is 10.5 Å². The van der Waals surface area contributed by atoms with Crippen molar-refractivity contribution in [1.29, 1.82) is 0 Å². The topological polar surface area (TPSA) is 38.5 Å². The molecule has 2 atom stereocenters. The second-order valence-corrected chi connectivity index (χ2v) is 4.17. The molecular formula is C10H22N2O. The molecule has 0 bridgehead atoms. The number of hydrogen-bond donors (Lipinski definition) is 1. The lowest BCUT2D eigenvalue weighted by Gasteiger charge is -2.29. The van der Waals surface area contributed by atoms with Gasteiger partial charge in [0.25, 0.3) is 0 Å². The first-order valence-electron chi connectivity index (χ1n) is 5.18. The van der Waals surface area contributed by atoms with Crippen LogP contribution in [0, 0.1) is 5.92 Å². The predicted molar refractivity (Wildman–Crippen MR) is 54.7 cm³/mol. The molecule has 0 aliphatic carbocycles. The molecule has 13 heavy (non-hydrogen) atoms. The minimum atomic E-state index is 0.520. The molecule has 0 aromatic rings. The van der Waals surface area contributed by atoms with Gasteiger partial charge in [0.15, 0.2) is 0 Å². The molecule has 2 N–H and O–H groups in total. The van der Waals surface area contributed by atoms with Crippen LogP contribution in [0.3, 0.4) is 0 Å². The third-order valence-corrected chi connectivity index (χ3v) is 2.86. The molecule has 3 heteroatoms. The van der Waals surface area contributed by atoms with Gasteiger partial charge in [0.2, 0.25) is 0 Å². The highest BCUT2D eigenvalue weighted by atomic mass is 16.5. The van der Waals surface area contributed by atoms with E-state index in [0.29, 0.717) is 6.04 Å². The van der Waals surface area contributed by atoms with Gasteiger partial charge < -0.3 is 15.4 Å². The standard InChI is InChI=1S/C10H22N2O/c1-12(2)10(7-11)6-9-4-3-5-13-8-9/h9-10H,3-8,11H2,1-2H3/t9-,10-/m0/s1. The Kier molecular flexibility index (Phi) is 4.70. The van der Waals surface area contributed by atoms with Gasteiger partial charge in [-0.25, -0.2) is 0 Å². The van der Waals surface area contributed by atoms with Crippen LogP contribution in [-0.4, -0.2) is 44.8 Å². The van der Waals surface area contributed by atoms with Gasteiger partial charge in [0, 0.05) is 25.8 Å². The van der Waals surface area contributed by atoms with Crippen LogP contribution in [0.15, 0.2) is 0 Å². The van der Waals surface area contributed by atoms with Crippen molar-refractivity contribution in [2.75, 3.05) is 33.9 Å². The van der Waals surface area contributed by atoms with Gasteiger partial charge in [-0.05, 0) is 39.3 Å². The molecule has 78 valence electrons. The number of hydrogen-bond acceptors (Lipinski definition) is 3. The zero-order valence-electron chi connectivity index (χ0n) is 8.83. The van der Waals surface area contributed by atoms with Crippen LogP contribution in [-0.2, 0) is 4.74 Å². The molecule has 0 saturated carbocycles. The van der Waals surface area contributed by atoms with E-state index in [-0.39, 0.29) is 0 Å². The van der Waals surface area contributed by atoms with Crippen LogP contribution in [0.25, 0.3) is 0 Å². The fourth-order valence-corrected chi connectivity index (χ4v) is 1.90. The summed E-state index contributed by atoms with van der Waals surface area (Å²) < 4.78 is 5.45. The summed E-state index contributed by atoms with van der Waals surface area (Å²) in [6.07, 6.45) is 3.71. The van der Waals surface area contributed by atoms with E-state index in [0.717, 1.165) is 25.7 Å². The molecule has 1 aliphatic heterocycles. The fourth-order valence-electron chi connectivity index (χ4n) is 1.90. The van der Waals surface area contributed by atoms with E-state index < -0.39 is 0 Å². The highest BCUT2D eigenvalue weighted by Crippen LogP contribution is 2.19. The van der Waals surface area contributed by atoms with Crippen molar-refractivity contribution in [2.24, 2.45) is 11.7 Å². The summed E-state index contributed by atoms with van der Waals surface area (Å²) in [5, 5.41) is 0. The maximum absolute atomic E-state index is 5.71. The van der Waals surface area contributed by atoms with Crippen molar-refractivity contribution in [3.05, 3.63) is 0 Å². The van der Waals surface area contributed by atoms with Crippen molar-refractivity contribution >= 4 is 0 Å². The lowest BCUT2D eigenvalue weighted by molar-refractivity contribution is 0.0423. The van der Waals surface area contributed by atoms with Crippen LogP contribution < -0.4 is 5.73 Å². The lowest BCUT2D eigenvalue weighted by Crippen LogP contribution is -2.38. The molecule has 0 radical (unpaired) electrons. The maximum atomic E-state index is 5.71. The highest BCUT2D eigenvalue weighted by Gasteiger charge is 2.19. The van der Waals surface area contributed by atoms with Crippen molar-refractivity contribution in [2.45, 2.75) is 25.3 Å². The van der Waals surface area contributed by atoms with Gasteiger partial charge in [-0.15, -0.1) is 0 Å². The molecule has 0 aromatic heterocycles. The number of nitrogens with two attached hydrogens (primary N) is 1. The van der Waals surface area contributed by atoms with Gasteiger partial charge in [-0.2, -0.15) is 0 Å². The highest BCUT2D eigenvalue weighted by molar-refractivity contribution is 4.74. The Hall–Kier alpha value is -0.120. The Morgan fingerprint density at radius 3 is 2.77 bits per heavy atom. The molecule has 1 rings (SSSR count). The predicted octanol–water partition coefficient (Wildman–Crippen LogP) is 0.692. The first-order chi connectivity index (χ1) is 6.24. The Morgan fingerprint density at radius 2 is 2.31 bits per heavy atom. The van der Waals surface area contributed by atoms with Gasteiger partial charge in [-0.1, -0.05) is 0 Å². The van der Waals surface area contributed by atoms with E-state index in [2.05, 4.69) is 19.0 Å². The summed E-state index contributed by atoms with van der Waals surface area (Å²) in [6, 6.07) is 0.520. The fraction of sp³-hybridized carbons (Fsp3) is 1.00. The largest absolute Gasteiger partial charge is 0.381 e. The molecule has 1 aliphatic rings. The Balaban J connectivity index is 2.27. The molecular weight excluding hydrogens is 164 g/mol. The van der Waals surface area contributed by atoms with Crippen LogP contribution >= 0.6 is 0 Å². The van der Waals surface area contributed by atoms with E-state index in [1.54, 1.807) is 0 Å². The van der Waals surface area contributed by atoms with Crippen LogP contribution in [0.2, 0.25) is 0 Å². The summed E-state index contributed by atoms with van der Waals surface area (Å²) in [4.78, 5) is 2.22. The first-order valence-corrected chi connectivity index (χ1v) is 5.18. The normalized spacial score (nSPS) is 26.3. The van der Waals surface area contributed by atoms with E-state index in [1.165, 1.54) is 19.3 Å². The quantitative estimate of drug-likeness (QED) is 0.702. The summed E-state index contributed by atoms with van der Waals surface area (Å²) >= 11 is 0. The van der Waals surface area contributed by atoms with Crippen LogP contribution in [0.1, 0.15) is 19.3 Å². The summed E-state index contributed by atoms with van der Waals surface area (Å²) in [7, 11) is 4.20. The second kappa shape index (κ2) is 5.58. The average molecular weight is 186 g/mol. The number of likely N-dealkylation sites (N-methyl/N-ethyl adjacent to an activating group) is 1. The number of nitrogens with zero attached hydrogens (tertiary/aromatic N) is 1. The first kappa shape index (κ1) is 11.0. The molecule has 0 spiro atoms. The third kappa shape index (κ3) is 3.63. The van der Waals surface area contributed by atoms with Gasteiger partial charge in [0.1, 0.15) is 0 Å². The van der Waals surface area contributed by atoms with E-state index in [1.807, 2.05) is 0 Å². The molecule has 1 fully saturated rings. The van der Waals surface area contributed by atoms with Gasteiger partial charge in [0.05, 0.1) is 0 Å². The van der Waals surface area contributed by atoms with Crippen molar-refractivity contribution in [3.8, 4) is 0 Å². The smallest absolute Gasteiger partial charge is 0.0494 e. The average Bonchev–Trinajstić information content (AvgIpc) is 2.15. The molecule has 0 amide bonds. The van der Waals surface area contributed by atoms with Crippen molar-refractivity contribution in [1.82, 2.24) is 4.90 Å². The zero-order chi connectivity index (χ0) is 9.68. The van der Waals surface area contributed by atoms with Crippen LogP contribution in [0.4, 0.5) is 0 Å². The summed E-state index contributed by atoms with van der Waals surface area (Å²) in [5.41, 5.74) is 5.71. The SMILES string of the molecule is CN(C)[C@H](CN)C[C@@H]1CCCOC1.